The molecular weight excluding hydrogens is 961 g/mol. The first-order valence-electron chi connectivity index (χ1n) is 27.8. The summed E-state index contributed by atoms with van der Waals surface area (Å²) in [6, 6.07) is 51.9. The molecule has 0 bridgehead atoms. The van der Waals surface area contributed by atoms with Crippen LogP contribution in [0.3, 0.4) is 0 Å². The molecule has 0 spiro atoms. The summed E-state index contributed by atoms with van der Waals surface area (Å²) < 4.78 is 0. The fourth-order valence-electron chi connectivity index (χ4n) is 12.3. The molecule has 2 N–H and O–H groups in total. The second-order valence-corrected chi connectivity index (χ2v) is 35.3. The van der Waals surface area contributed by atoms with Gasteiger partial charge in [0.15, 0.2) is 0 Å². The monoisotopic (exact) mass is 1050 g/mol. The molecule has 3 fully saturated rings. The normalized spacial score (nSPS) is 21.5. The zero-order valence-electron chi connectivity index (χ0n) is 45.4. The van der Waals surface area contributed by atoms with Gasteiger partial charge in [0.1, 0.15) is 0 Å². The molecule has 10 rings (SSSR count). The van der Waals surface area contributed by atoms with Crippen molar-refractivity contribution in [3.05, 3.63) is 215 Å². The number of hydrogen-bond donors (Lipinski definition) is 2. The van der Waals surface area contributed by atoms with E-state index in [-0.39, 0.29) is 53.0 Å². The minimum Gasteiger partial charge on any atom is -0.199 e. The third kappa shape index (κ3) is 13.4. The van der Waals surface area contributed by atoms with Crippen LogP contribution in [0.2, 0.25) is 0 Å². The predicted octanol–water partition coefficient (Wildman–Crippen LogP) is 19.2. The molecule has 388 valence electrons. The fourth-order valence-corrected chi connectivity index (χ4v) is 33.2. The minimum absolute atomic E-state index is 0.00533. The molecule has 4 aliphatic rings. The average Bonchev–Trinajstić information content (AvgIpc) is 3.69. The van der Waals surface area contributed by atoms with Crippen molar-refractivity contribution in [3.8, 4) is 11.5 Å². The summed E-state index contributed by atoms with van der Waals surface area (Å²) in [7, 11) is 0.570. The van der Waals surface area contributed by atoms with E-state index in [2.05, 4.69) is 140 Å². The van der Waals surface area contributed by atoms with E-state index in [0.717, 1.165) is 58.8 Å². The van der Waals surface area contributed by atoms with Crippen LogP contribution in [-0.2, 0) is 48.6 Å². The van der Waals surface area contributed by atoms with Crippen molar-refractivity contribution in [2.24, 2.45) is 0 Å². The summed E-state index contributed by atoms with van der Waals surface area (Å²) in [6.07, 6.45) is 19.9. The van der Waals surface area contributed by atoms with Crippen molar-refractivity contribution >= 4 is 15.9 Å². The van der Waals surface area contributed by atoms with Crippen LogP contribution in [0.25, 0.3) is 0 Å². The van der Waals surface area contributed by atoms with Crippen LogP contribution in [0.5, 0.6) is 11.5 Å². The van der Waals surface area contributed by atoms with Gasteiger partial charge in [-0.05, 0) is 0 Å². The van der Waals surface area contributed by atoms with Crippen molar-refractivity contribution in [1.29, 1.82) is 0 Å². The summed E-state index contributed by atoms with van der Waals surface area (Å²) in [5.41, 5.74) is 12.2. The SMILES string of the molecule is CC(C)(C)c1cc(C[S]2=[Ti]=[S@@](Cc3cc(C(C)(C)C)cc(C4(c5ccccc5)CCCCC4)c3O)C3CCCCCC[C@@H]32)c(O)c(C2(c3ccccc3)CCCCC2)c1.[CH2-]c1ccccc1.[CH2-]c1ccccc1. The van der Waals surface area contributed by atoms with Crippen LogP contribution >= 0.6 is 15.9 Å². The van der Waals surface area contributed by atoms with E-state index in [1.807, 2.05) is 60.7 Å². The van der Waals surface area contributed by atoms with Crippen molar-refractivity contribution < 1.29 is 25.7 Å². The molecule has 0 saturated heterocycles. The second-order valence-electron chi connectivity index (χ2n) is 23.9. The van der Waals surface area contributed by atoms with E-state index in [0.29, 0.717) is 11.5 Å². The van der Waals surface area contributed by atoms with Gasteiger partial charge in [0.2, 0.25) is 0 Å². The number of hydrogen-bond acceptors (Lipinski definition) is 2. The van der Waals surface area contributed by atoms with Gasteiger partial charge in [-0.3, -0.25) is 0 Å². The molecule has 2 unspecified atom stereocenters. The fraction of sp³-hybridized carbons (Fsp3) is 0.441. The zero-order valence-corrected chi connectivity index (χ0v) is 48.6. The summed E-state index contributed by atoms with van der Waals surface area (Å²) in [4.78, 5) is 0. The van der Waals surface area contributed by atoms with Crippen LogP contribution in [0.15, 0.2) is 146 Å². The molecule has 0 amide bonds. The molecule has 1 heterocycles. The van der Waals surface area contributed by atoms with Crippen LogP contribution in [0, 0.1) is 13.8 Å². The maximum atomic E-state index is 12.7. The molecule has 3 aliphatic carbocycles. The molecule has 4 atom stereocenters. The van der Waals surface area contributed by atoms with E-state index < -0.39 is 0 Å². The van der Waals surface area contributed by atoms with E-state index in [1.165, 1.54) is 122 Å². The Morgan fingerprint density at radius 3 is 1.07 bits per heavy atom. The number of rotatable bonds is 8. The van der Waals surface area contributed by atoms with E-state index >= 15 is 0 Å². The van der Waals surface area contributed by atoms with Gasteiger partial charge in [0.25, 0.3) is 0 Å². The number of fused-ring (bicyclic) bond motifs is 1. The Morgan fingerprint density at radius 1 is 0.452 bits per heavy atom. The molecule has 3 saturated carbocycles. The smallest absolute Gasteiger partial charge is 0.0866 e. The van der Waals surface area contributed by atoms with Crippen molar-refractivity contribution in [2.45, 2.75) is 188 Å². The van der Waals surface area contributed by atoms with Crippen LogP contribution < -0.4 is 0 Å². The largest absolute Gasteiger partial charge is 0.199 e. The molecule has 0 aromatic heterocycles. The van der Waals surface area contributed by atoms with Crippen LogP contribution in [0.4, 0.5) is 0 Å². The molecule has 6 aromatic rings. The van der Waals surface area contributed by atoms with Gasteiger partial charge in [0.05, 0.1) is 0 Å². The maximum absolute atomic E-state index is 12.7. The first-order valence-corrected chi connectivity index (χ1v) is 34.6. The predicted molar refractivity (Wildman–Crippen MR) is 314 cm³/mol. The van der Waals surface area contributed by atoms with Gasteiger partial charge in [-0.25, -0.2) is 0 Å². The molecule has 1 aliphatic heterocycles. The Bertz CT molecular complexity index is 2600. The number of phenolic OH excluding ortho intramolecular Hbond substituents is 2. The second kappa shape index (κ2) is 24.8. The Morgan fingerprint density at radius 2 is 0.767 bits per heavy atom. The number of phenols is 2. The van der Waals surface area contributed by atoms with E-state index in [1.54, 1.807) is 0 Å². The van der Waals surface area contributed by atoms with Crippen LogP contribution in [0.1, 0.15) is 200 Å². The van der Waals surface area contributed by atoms with Crippen molar-refractivity contribution in [2.75, 3.05) is 0 Å². The summed E-state index contributed by atoms with van der Waals surface area (Å²) >= 11 is -0.343. The first-order chi connectivity index (χ1) is 35.1. The Kier molecular flexibility index (Phi) is 18.8. The standard InChI is InChI=1S/C54H72O2S2.2C7H7.Ti/c1-51(2,3)43-33-39(49(55)45(35-43)53(29-19-11-20-30-53)41-23-13-9-14-24-41)37-57-47-27-17-7-8-18-28-48(47)58-38-40-34-44(52(4,5)6)36-46(50(40)56)54(31-21-12-22-32-54)42-25-15-10-16-26-42;2*1-7-5-3-2-4-6-7;/h9-10,13-16,23-26,33-36,47-48,55-56H,7-8,11-12,17-22,27-32,37-38H2,1-6H3;2*2-6H,1H2;/q;2*-1;/t47-,48?;;;/m0.../s1. The molecule has 6 aromatic carbocycles. The molecule has 5 heteroatoms. The number of aromatic hydroxyl groups is 2. The average molecular weight is 1050 g/mol. The molecule has 73 heavy (non-hydrogen) atoms. The van der Waals surface area contributed by atoms with Gasteiger partial charge in [-0.15, -0.1) is 24.3 Å². The quantitative estimate of drug-likeness (QED) is 0.118. The van der Waals surface area contributed by atoms with Gasteiger partial charge in [-0.1, -0.05) is 12.1 Å². The van der Waals surface area contributed by atoms with E-state index in [4.69, 9.17) is 0 Å². The Hall–Kier alpha value is -3.93. The first kappa shape index (κ1) is 55.3. The van der Waals surface area contributed by atoms with Gasteiger partial charge < -0.3 is 0 Å². The molecule has 2 nitrogen and oxygen atoms in total. The molecular formula is C68H86O2S2Ti-2. The van der Waals surface area contributed by atoms with Gasteiger partial charge >= 0.3 is 370 Å². The minimum atomic E-state index is -0.343. The summed E-state index contributed by atoms with van der Waals surface area (Å²) in [5.74, 6) is 3.29. The van der Waals surface area contributed by atoms with Crippen LogP contribution in [-0.4, -0.2) is 20.7 Å². The third-order valence-corrected chi connectivity index (χ3v) is 32.5. The zero-order chi connectivity index (χ0) is 51.6. The molecule has 0 radical (unpaired) electrons. The number of benzene rings is 6. The Balaban J connectivity index is 0.000000438. The van der Waals surface area contributed by atoms with Crippen molar-refractivity contribution in [3.63, 3.8) is 0 Å². The summed E-state index contributed by atoms with van der Waals surface area (Å²) in [6.45, 7) is 21.6. The van der Waals surface area contributed by atoms with Gasteiger partial charge in [0, 0.05) is 0 Å². The summed E-state index contributed by atoms with van der Waals surface area (Å²) in [5, 5.41) is 26.9. The maximum Gasteiger partial charge on any atom is -0.0866 e. The van der Waals surface area contributed by atoms with Crippen molar-refractivity contribution in [1.82, 2.24) is 0 Å². The van der Waals surface area contributed by atoms with Gasteiger partial charge in [-0.2, -0.15) is 49.2 Å². The Labute approximate surface area is 452 Å². The topological polar surface area (TPSA) is 40.5 Å². The van der Waals surface area contributed by atoms with E-state index in [9.17, 15) is 10.2 Å². The third-order valence-electron chi connectivity index (χ3n) is 16.6.